The molecule has 0 atom stereocenters. The highest BCUT2D eigenvalue weighted by atomic mass is 32.2. The van der Waals surface area contributed by atoms with E-state index in [1.807, 2.05) is 6.92 Å². The Labute approximate surface area is 168 Å². The maximum Gasteiger partial charge on any atom is 0.283 e. The van der Waals surface area contributed by atoms with Gasteiger partial charge in [0, 0.05) is 26.2 Å². The monoisotopic (exact) mass is 418 g/mol. The zero-order valence-corrected chi connectivity index (χ0v) is 16.8. The lowest BCUT2D eigenvalue weighted by Gasteiger charge is -2.33. The molecular formula is C19H22N4O5S. The van der Waals surface area contributed by atoms with Crippen LogP contribution in [-0.4, -0.2) is 60.6 Å². The van der Waals surface area contributed by atoms with Gasteiger partial charge in [-0.2, -0.15) is 4.31 Å². The number of rotatable bonds is 7. The molecule has 1 saturated heterocycles. The number of furan rings is 1. The van der Waals surface area contributed by atoms with Crippen LogP contribution in [0.3, 0.4) is 0 Å². The van der Waals surface area contributed by atoms with Gasteiger partial charge in [-0.05, 0) is 43.3 Å². The van der Waals surface area contributed by atoms with Crippen molar-refractivity contribution >= 4 is 10.0 Å². The average molecular weight is 418 g/mol. The molecule has 3 heterocycles. The molecule has 0 aliphatic carbocycles. The molecule has 1 aliphatic heterocycles. The van der Waals surface area contributed by atoms with Crippen molar-refractivity contribution in [3.63, 3.8) is 0 Å². The number of nitrogens with zero attached hydrogens (tertiary/aromatic N) is 4. The van der Waals surface area contributed by atoms with Crippen molar-refractivity contribution in [2.75, 3.05) is 32.8 Å². The molecule has 0 radical (unpaired) electrons. The van der Waals surface area contributed by atoms with E-state index in [1.165, 1.54) is 4.31 Å². The van der Waals surface area contributed by atoms with Crippen LogP contribution < -0.4 is 4.74 Å². The molecule has 0 N–H and O–H groups in total. The van der Waals surface area contributed by atoms with E-state index in [4.69, 9.17) is 13.6 Å². The van der Waals surface area contributed by atoms with E-state index < -0.39 is 10.0 Å². The summed E-state index contributed by atoms with van der Waals surface area (Å²) in [6.07, 6.45) is 1.54. The molecule has 29 heavy (non-hydrogen) atoms. The van der Waals surface area contributed by atoms with Crippen LogP contribution in [0.5, 0.6) is 5.75 Å². The summed E-state index contributed by atoms with van der Waals surface area (Å²) in [4.78, 5) is 2.36. The van der Waals surface area contributed by atoms with Crippen molar-refractivity contribution in [3.8, 4) is 17.4 Å². The second-order valence-corrected chi connectivity index (χ2v) is 8.50. The Morgan fingerprint density at radius 2 is 1.83 bits per heavy atom. The van der Waals surface area contributed by atoms with Gasteiger partial charge >= 0.3 is 0 Å². The summed E-state index contributed by atoms with van der Waals surface area (Å²) >= 11 is 0. The zero-order chi connectivity index (χ0) is 20.3. The summed E-state index contributed by atoms with van der Waals surface area (Å²) in [7, 11) is -3.53. The van der Waals surface area contributed by atoms with Gasteiger partial charge in [-0.3, -0.25) is 4.90 Å². The van der Waals surface area contributed by atoms with E-state index in [9.17, 15) is 8.42 Å². The van der Waals surface area contributed by atoms with Gasteiger partial charge < -0.3 is 13.6 Å². The summed E-state index contributed by atoms with van der Waals surface area (Å²) in [5, 5.41) is 8.03. The smallest absolute Gasteiger partial charge is 0.283 e. The van der Waals surface area contributed by atoms with Gasteiger partial charge in [-0.1, -0.05) is 0 Å². The lowest BCUT2D eigenvalue weighted by molar-refractivity contribution is 0.168. The lowest BCUT2D eigenvalue weighted by atomic mass is 10.3. The van der Waals surface area contributed by atoms with Crippen molar-refractivity contribution in [1.29, 1.82) is 0 Å². The molecule has 1 fully saturated rings. The van der Waals surface area contributed by atoms with Gasteiger partial charge in [0.15, 0.2) is 5.76 Å². The van der Waals surface area contributed by atoms with E-state index >= 15 is 0 Å². The Morgan fingerprint density at radius 1 is 1.07 bits per heavy atom. The first-order valence-electron chi connectivity index (χ1n) is 9.38. The Balaban J connectivity index is 1.35. The molecule has 2 aromatic heterocycles. The van der Waals surface area contributed by atoms with Gasteiger partial charge in [0.1, 0.15) is 5.75 Å². The van der Waals surface area contributed by atoms with Crippen LogP contribution in [0.15, 0.2) is 56.4 Å². The first-order chi connectivity index (χ1) is 14.1. The highest BCUT2D eigenvalue weighted by Crippen LogP contribution is 2.22. The third-order valence-electron chi connectivity index (χ3n) is 4.66. The summed E-state index contributed by atoms with van der Waals surface area (Å²) in [6, 6.07) is 10.0. The van der Waals surface area contributed by atoms with Crippen molar-refractivity contribution < 1.29 is 22.0 Å². The fraction of sp³-hybridized carbons (Fsp3) is 0.368. The molecule has 0 bridgehead atoms. The van der Waals surface area contributed by atoms with Crippen LogP contribution in [0.4, 0.5) is 0 Å². The maximum atomic E-state index is 12.9. The third-order valence-corrected chi connectivity index (χ3v) is 6.57. The van der Waals surface area contributed by atoms with E-state index in [2.05, 4.69) is 15.1 Å². The Bertz CT molecular complexity index is 1020. The summed E-state index contributed by atoms with van der Waals surface area (Å²) in [5.41, 5.74) is 0. The molecule has 0 unspecified atom stereocenters. The Morgan fingerprint density at radius 3 is 2.48 bits per heavy atom. The Kier molecular flexibility index (Phi) is 5.65. The second kappa shape index (κ2) is 8.36. The first-order valence-corrected chi connectivity index (χ1v) is 10.8. The van der Waals surface area contributed by atoms with Crippen molar-refractivity contribution in [2.45, 2.75) is 18.4 Å². The van der Waals surface area contributed by atoms with E-state index in [0.29, 0.717) is 62.6 Å². The topological polar surface area (TPSA) is 102 Å². The summed E-state index contributed by atoms with van der Waals surface area (Å²) in [5.74, 6) is 1.99. The summed E-state index contributed by atoms with van der Waals surface area (Å²) in [6.45, 7) is 4.84. The fourth-order valence-electron chi connectivity index (χ4n) is 3.16. The molecular weight excluding hydrogens is 396 g/mol. The molecule has 0 amide bonds. The van der Waals surface area contributed by atoms with Gasteiger partial charge in [-0.15, -0.1) is 10.2 Å². The van der Waals surface area contributed by atoms with Crippen molar-refractivity contribution in [1.82, 2.24) is 19.4 Å². The van der Waals surface area contributed by atoms with E-state index in [1.54, 1.807) is 42.7 Å². The molecule has 1 aromatic carbocycles. The van der Waals surface area contributed by atoms with Gasteiger partial charge in [0.25, 0.3) is 5.89 Å². The number of ether oxygens (including phenoxy) is 1. The number of hydrogen-bond acceptors (Lipinski definition) is 8. The lowest BCUT2D eigenvalue weighted by Crippen LogP contribution is -2.48. The number of hydrogen-bond donors (Lipinski definition) is 0. The highest BCUT2D eigenvalue weighted by molar-refractivity contribution is 7.89. The molecule has 3 aromatic rings. The number of benzene rings is 1. The molecule has 1 aliphatic rings. The maximum absolute atomic E-state index is 12.9. The zero-order valence-electron chi connectivity index (χ0n) is 16.0. The minimum Gasteiger partial charge on any atom is -0.494 e. The first kappa shape index (κ1) is 19.6. The van der Waals surface area contributed by atoms with Crippen LogP contribution in [0, 0.1) is 0 Å². The standard InChI is InChI=1S/C19H22N4O5S/c1-2-26-15-5-7-16(8-6-15)29(24,25)23-11-9-22(10-12-23)14-18-20-21-19(28-18)17-4-3-13-27-17/h3-8,13H,2,9-12,14H2,1H3. The fourth-order valence-corrected chi connectivity index (χ4v) is 4.58. The SMILES string of the molecule is CCOc1ccc(S(=O)(=O)N2CCN(Cc3nnc(-c4ccco4)o3)CC2)cc1. The van der Waals surface area contributed by atoms with Crippen molar-refractivity contribution in [2.24, 2.45) is 0 Å². The van der Waals surface area contributed by atoms with Crippen LogP contribution >= 0.6 is 0 Å². The van der Waals surface area contributed by atoms with Gasteiger partial charge in [0.05, 0.1) is 24.3 Å². The second-order valence-electron chi connectivity index (χ2n) is 6.56. The van der Waals surface area contributed by atoms with Gasteiger partial charge in [0.2, 0.25) is 15.9 Å². The predicted octanol–water partition coefficient (Wildman–Crippen LogP) is 2.23. The molecule has 10 heteroatoms. The average Bonchev–Trinajstić information content (AvgIpc) is 3.41. The Hall–Kier alpha value is -2.69. The predicted molar refractivity (Wildman–Crippen MR) is 104 cm³/mol. The van der Waals surface area contributed by atoms with E-state index in [-0.39, 0.29) is 4.90 Å². The summed E-state index contributed by atoms with van der Waals surface area (Å²) < 4.78 is 43.5. The minimum atomic E-state index is -3.53. The normalized spacial score (nSPS) is 16.2. The number of aromatic nitrogens is 2. The van der Waals surface area contributed by atoms with Crippen LogP contribution in [-0.2, 0) is 16.6 Å². The van der Waals surface area contributed by atoms with Crippen LogP contribution in [0.2, 0.25) is 0 Å². The molecule has 154 valence electrons. The molecule has 4 rings (SSSR count). The van der Waals surface area contributed by atoms with Gasteiger partial charge in [-0.25, -0.2) is 8.42 Å². The number of piperazine rings is 1. The van der Waals surface area contributed by atoms with Crippen LogP contribution in [0.1, 0.15) is 12.8 Å². The van der Waals surface area contributed by atoms with Crippen molar-refractivity contribution in [3.05, 3.63) is 48.6 Å². The molecule has 0 saturated carbocycles. The van der Waals surface area contributed by atoms with Crippen LogP contribution in [0.25, 0.3) is 11.7 Å². The largest absolute Gasteiger partial charge is 0.494 e. The third kappa shape index (κ3) is 4.34. The highest BCUT2D eigenvalue weighted by Gasteiger charge is 2.29. The number of sulfonamides is 1. The quantitative estimate of drug-likeness (QED) is 0.576. The molecule has 9 nitrogen and oxygen atoms in total. The van der Waals surface area contributed by atoms with E-state index in [0.717, 1.165) is 0 Å². The minimum absolute atomic E-state index is 0.273. The molecule has 0 spiro atoms.